The van der Waals surface area contributed by atoms with Crippen molar-refractivity contribution in [3.63, 3.8) is 0 Å². The Kier molecular flexibility index (Phi) is 5.65. The van der Waals surface area contributed by atoms with Crippen molar-refractivity contribution in [3.05, 3.63) is 35.4 Å². The van der Waals surface area contributed by atoms with Crippen LogP contribution in [0.25, 0.3) is 0 Å². The maximum atomic E-state index is 3.59. The van der Waals surface area contributed by atoms with Crippen molar-refractivity contribution in [3.8, 4) is 0 Å². The number of rotatable bonds is 5. The molecule has 20 heavy (non-hydrogen) atoms. The zero-order valence-electron chi connectivity index (χ0n) is 13.7. The van der Waals surface area contributed by atoms with Crippen molar-refractivity contribution in [2.45, 2.75) is 58.9 Å². The first kappa shape index (κ1) is 15.6. The Labute approximate surface area is 125 Å². The van der Waals surface area contributed by atoms with Crippen LogP contribution < -0.4 is 5.32 Å². The van der Waals surface area contributed by atoms with E-state index in [1.165, 1.54) is 43.2 Å². The van der Waals surface area contributed by atoms with Gasteiger partial charge < -0.3 is 5.32 Å². The molecule has 0 radical (unpaired) electrons. The lowest BCUT2D eigenvalue weighted by Gasteiger charge is -2.36. The molecule has 0 saturated heterocycles. The second-order valence-electron chi connectivity index (χ2n) is 7.10. The fraction of sp³-hybridized carbons (Fsp3) is 0.684. The largest absolute Gasteiger partial charge is 0.317 e. The highest BCUT2D eigenvalue weighted by molar-refractivity contribution is 5.21. The summed E-state index contributed by atoms with van der Waals surface area (Å²) in [5, 5.41) is 3.59. The molecule has 1 heteroatoms. The van der Waals surface area contributed by atoms with Gasteiger partial charge in [-0.25, -0.2) is 0 Å². The predicted octanol–water partition coefficient (Wildman–Crippen LogP) is 4.59. The standard InChI is InChI=1S/C19H31N/c1-14-5-7-17(8-6-14)9-10-19(20-4)18-12-15(2)11-16(3)13-18/h5-8,15-16,18-20H,9-13H2,1-4H3. The summed E-state index contributed by atoms with van der Waals surface area (Å²) in [5.74, 6) is 2.67. The summed E-state index contributed by atoms with van der Waals surface area (Å²) >= 11 is 0. The highest BCUT2D eigenvalue weighted by atomic mass is 14.9. The Morgan fingerprint density at radius 3 is 2.20 bits per heavy atom. The van der Waals surface area contributed by atoms with Crippen LogP contribution in [0.5, 0.6) is 0 Å². The Balaban J connectivity index is 1.89. The van der Waals surface area contributed by atoms with Gasteiger partial charge in [-0.3, -0.25) is 0 Å². The molecule has 1 nitrogen and oxygen atoms in total. The molecule has 0 spiro atoms. The summed E-state index contributed by atoms with van der Waals surface area (Å²) in [6, 6.07) is 9.71. The Hall–Kier alpha value is -0.820. The van der Waals surface area contributed by atoms with E-state index < -0.39 is 0 Å². The van der Waals surface area contributed by atoms with Crippen LogP contribution in [0.1, 0.15) is 50.7 Å². The summed E-state index contributed by atoms with van der Waals surface area (Å²) in [5.41, 5.74) is 2.83. The Morgan fingerprint density at radius 1 is 1.05 bits per heavy atom. The van der Waals surface area contributed by atoms with Gasteiger partial charge in [0, 0.05) is 6.04 Å². The van der Waals surface area contributed by atoms with E-state index in [0.29, 0.717) is 6.04 Å². The fourth-order valence-electron chi connectivity index (χ4n) is 4.03. The van der Waals surface area contributed by atoms with Crippen LogP contribution in [0, 0.1) is 24.7 Å². The zero-order chi connectivity index (χ0) is 14.5. The minimum absolute atomic E-state index is 0.682. The molecule has 1 fully saturated rings. The lowest BCUT2D eigenvalue weighted by atomic mass is 9.73. The van der Waals surface area contributed by atoms with Crippen LogP contribution >= 0.6 is 0 Å². The van der Waals surface area contributed by atoms with E-state index in [0.717, 1.165) is 17.8 Å². The fourth-order valence-corrected chi connectivity index (χ4v) is 4.03. The summed E-state index contributed by atoms with van der Waals surface area (Å²) in [7, 11) is 2.14. The SMILES string of the molecule is CNC(CCc1ccc(C)cc1)C1CC(C)CC(C)C1. The molecule has 3 unspecified atom stereocenters. The van der Waals surface area contributed by atoms with Crippen molar-refractivity contribution in [2.24, 2.45) is 17.8 Å². The van der Waals surface area contributed by atoms with Crippen LogP contribution in [0.4, 0.5) is 0 Å². The second kappa shape index (κ2) is 7.26. The monoisotopic (exact) mass is 273 g/mol. The van der Waals surface area contributed by atoms with E-state index in [1.807, 2.05) is 0 Å². The molecule has 0 aromatic heterocycles. The molecule has 1 aromatic rings. The summed E-state index contributed by atoms with van der Waals surface area (Å²) in [6.45, 7) is 7.01. The van der Waals surface area contributed by atoms with E-state index in [9.17, 15) is 0 Å². The van der Waals surface area contributed by atoms with Crippen LogP contribution in [-0.2, 0) is 6.42 Å². The Bertz CT molecular complexity index is 385. The lowest BCUT2D eigenvalue weighted by molar-refractivity contribution is 0.175. The molecule has 2 rings (SSSR count). The van der Waals surface area contributed by atoms with Gasteiger partial charge in [-0.05, 0) is 69.4 Å². The maximum absolute atomic E-state index is 3.59. The van der Waals surface area contributed by atoms with Crippen LogP contribution in [0.2, 0.25) is 0 Å². The van der Waals surface area contributed by atoms with E-state index in [2.05, 4.69) is 57.4 Å². The quantitative estimate of drug-likeness (QED) is 0.827. The van der Waals surface area contributed by atoms with Crippen molar-refractivity contribution >= 4 is 0 Å². The molecule has 0 bridgehead atoms. The first-order chi connectivity index (χ1) is 9.58. The number of nitrogens with one attached hydrogen (secondary N) is 1. The molecular weight excluding hydrogens is 242 g/mol. The van der Waals surface area contributed by atoms with Crippen LogP contribution in [0.3, 0.4) is 0 Å². The average molecular weight is 273 g/mol. The van der Waals surface area contributed by atoms with Gasteiger partial charge in [0.25, 0.3) is 0 Å². The molecule has 1 aliphatic rings. The molecule has 1 aromatic carbocycles. The molecular formula is C19H31N. The predicted molar refractivity (Wildman–Crippen MR) is 88.0 cm³/mol. The van der Waals surface area contributed by atoms with Gasteiger partial charge in [0.05, 0.1) is 0 Å². The van der Waals surface area contributed by atoms with E-state index in [4.69, 9.17) is 0 Å². The third kappa shape index (κ3) is 4.34. The van der Waals surface area contributed by atoms with Gasteiger partial charge in [0.2, 0.25) is 0 Å². The normalized spacial score (nSPS) is 28.3. The van der Waals surface area contributed by atoms with Gasteiger partial charge >= 0.3 is 0 Å². The first-order valence-corrected chi connectivity index (χ1v) is 8.31. The van der Waals surface area contributed by atoms with Gasteiger partial charge in [-0.15, -0.1) is 0 Å². The number of hydrogen-bond donors (Lipinski definition) is 1. The second-order valence-corrected chi connectivity index (χ2v) is 7.10. The van der Waals surface area contributed by atoms with Gasteiger partial charge in [0.1, 0.15) is 0 Å². The third-order valence-electron chi connectivity index (χ3n) is 5.02. The van der Waals surface area contributed by atoms with Gasteiger partial charge in [-0.2, -0.15) is 0 Å². The highest BCUT2D eigenvalue weighted by Crippen LogP contribution is 2.35. The number of hydrogen-bond acceptors (Lipinski definition) is 1. The maximum Gasteiger partial charge on any atom is 0.00956 e. The van der Waals surface area contributed by atoms with Gasteiger partial charge in [0.15, 0.2) is 0 Å². The van der Waals surface area contributed by atoms with Crippen molar-refractivity contribution in [1.29, 1.82) is 0 Å². The molecule has 1 aliphatic carbocycles. The van der Waals surface area contributed by atoms with Crippen LogP contribution in [-0.4, -0.2) is 13.1 Å². The molecule has 112 valence electrons. The summed E-state index contributed by atoms with van der Waals surface area (Å²) in [4.78, 5) is 0. The molecule has 0 aliphatic heterocycles. The smallest absolute Gasteiger partial charge is 0.00956 e. The average Bonchev–Trinajstić information content (AvgIpc) is 2.40. The van der Waals surface area contributed by atoms with E-state index >= 15 is 0 Å². The van der Waals surface area contributed by atoms with Crippen molar-refractivity contribution in [2.75, 3.05) is 7.05 Å². The van der Waals surface area contributed by atoms with Crippen LogP contribution in [0.15, 0.2) is 24.3 Å². The summed E-state index contributed by atoms with van der Waals surface area (Å²) in [6.07, 6.45) is 6.70. The lowest BCUT2D eigenvalue weighted by Crippen LogP contribution is -2.38. The zero-order valence-corrected chi connectivity index (χ0v) is 13.7. The number of benzene rings is 1. The van der Waals surface area contributed by atoms with Crippen molar-refractivity contribution < 1.29 is 0 Å². The Morgan fingerprint density at radius 2 is 1.65 bits per heavy atom. The molecule has 0 amide bonds. The first-order valence-electron chi connectivity index (χ1n) is 8.31. The molecule has 0 heterocycles. The molecule has 3 atom stereocenters. The minimum Gasteiger partial charge on any atom is -0.317 e. The van der Waals surface area contributed by atoms with Crippen molar-refractivity contribution in [1.82, 2.24) is 5.32 Å². The van der Waals surface area contributed by atoms with E-state index in [1.54, 1.807) is 0 Å². The summed E-state index contributed by atoms with van der Waals surface area (Å²) < 4.78 is 0. The topological polar surface area (TPSA) is 12.0 Å². The molecule has 1 N–H and O–H groups in total. The molecule has 1 saturated carbocycles. The minimum atomic E-state index is 0.682. The third-order valence-corrected chi connectivity index (χ3v) is 5.02. The number of aryl methyl sites for hydroxylation is 2. The van der Waals surface area contributed by atoms with E-state index in [-0.39, 0.29) is 0 Å². The van der Waals surface area contributed by atoms with Gasteiger partial charge in [-0.1, -0.05) is 43.7 Å². The highest BCUT2D eigenvalue weighted by Gasteiger charge is 2.28.